The number of hydrogen-bond donors (Lipinski definition) is 2. The number of nitrogens with zero attached hydrogens (tertiary/aromatic N) is 3. The van der Waals surface area contributed by atoms with Crippen LogP contribution in [0.15, 0.2) is 72.8 Å². The van der Waals surface area contributed by atoms with Crippen LogP contribution in [0.3, 0.4) is 0 Å². The maximum Gasteiger partial charge on any atom is 0.338 e. The highest BCUT2D eigenvalue weighted by atomic mass is 16.5. The number of esters is 2. The fourth-order valence-electron chi connectivity index (χ4n) is 5.40. The van der Waals surface area contributed by atoms with Crippen LogP contribution in [0.4, 0.5) is 23.3 Å². The first-order chi connectivity index (χ1) is 24.4. The van der Waals surface area contributed by atoms with Crippen LogP contribution in [0.5, 0.6) is 0 Å². The molecule has 1 heterocycles. The van der Waals surface area contributed by atoms with E-state index in [1.54, 1.807) is 24.3 Å². The Morgan fingerprint density at radius 1 is 0.540 bits per heavy atom. The summed E-state index contributed by atoms with van der Waals surface area (Å²) < 4.78 is 11.0. The van der Waals surface area contributed by atoms with Gasteiger partial charge in [0.2, 0.25) is 11.9 Å². The van der Waals surface area contributed by atoms with Gasteiger partial charge in [-0.25, -0.2) is 9.59 Å². The first-order valence-electron chi connectivity index (χ1n) is 18.3. The predicted octanol–water partition coefficient (Wildman–Crippen LogP) is 10.3. The van der Waals surface area contributed by atoms with Gasteiger partial charge in [-0.2, -0.15) is 15.0 Å². The van der Waals surface area contributed by atoms with Crippen molar-refractivity contribution >= 4 is 35.2 Å². The van der Waals surface area contributed by atoms with Crippen LogP contribution in [-0.4, -0.2) is 40.1 Å². The zero-order chi connectivity index (χ0) is 35.4. The molecule has 0 aliphatic rings. The molecule has 9 heteroatoms. The van der Waals surface area contributed by atoms with Crippen LogP contribution < -0.4 is 10.6 Å². The van der Waals surface area contributed by atoms with Gasteiger partial charge in [-0.3, -0.25) is 0 Å². The van der Waals surface area contributed by atoms with Crippen molar-refractivity contribution in [1.29, 1.82) is 0 Å². The molecule has 3 aromatic carbocycles. The van der Waals surface area contributed by atoms with Gasteiger partial charge < -0.3 is 20.1 Å². The monoisotopic (exact) mass is 679 g/mol. The minimum atomic E-state index is -0.325. The highest BCUT2D eigenvalue weighted by Gasteiger charge is 2.12. The lowest BCUT2D eigenvalue weighted by atomic mass is 10.1. The van der Waals surface area contributed by atoms with Gasteiger partial charge in [-0.1, -0.05) is 108 Å². The maximum atomic E-state index is 12.6. The van der Waals surface area contributed by atoms with E-state index in [9.17, 15) is 9.59 Å². The van der Waals surface area contributed by atoms with Crippen molar-refractivity contribution in [2.24, 2.45) is 0 Å². The molecule has 1 aromatic heterocycles. The van der Waals surface area contributed by atoms with E-state index in [1.807, 2.05) is 55.5 Å². The minimum absolute atomic E-state index is 0.307. The number of ether oxygens (including phenoxy) is 2. The summed E-state index contributed by atoms with van der Waals surface area (Å²) in [6.07, 6.45) is 14.1. The molecule has 266 valence electrons. The number of carbonyl (C=O) groups is 2. The Hall–Kier alpha value is -4.79. The van der Waals surface area contributed by atoms with E-state index in [0.717, 1.165) is 48.2 Å². The van der Waals surface area contributed by atoms with Crippen molar-refractivity contribution in [3.63, 3.8) is 0 Å². The Kier molecular flexibility index (Phi) is 16.2. The number of hydrogen-bond acceptors (Lipinski definition) is 9. The zero-order valence-electron chi connectivity index (χ0n) is 30.0. The van der Waals surface area contributed by atoms with Gasteiger partial charge in [-0.05, 0) is 73.9 Å². The molecule has 0 saturated carbocycles. The second kappa shape index (κ2) is 21.3. The fraction of sp³-hybridized carbons (Fsp3) is 0.439. The molecule has 0 unspecified atom stereocenters. The van der Waals surface area contributed by atoms with Crippen LogP contribution in [0, 0.1) is 6.92 Å². The third-order valence-corrected chi connectivity index (χ3v) is 8.38. The third kappa shape index (κ3) is 13.6. The van der Waals surface area contributed by atoms with Gasteiger partial charge in [0.25, 0.3) is 0 Å². The van der Waals surface area contributed by atoms with Gasteiger partial charge in [-0.15, -0.1) is 0 Å². The molecular formula is C41H53N5O4. The summed E-state index contributed by atoms with van der Waals surface area (Å²) in [5, 5.41) is 6.54. The first kappa shape index (κ1) is 38.0. The van der Waals surface area contributed by atoms with Gasteiger partial charge in [0.1, 0.15) is 5.82 Å². The summed E-state index contributed by atoms with van der Waals surface area (Å²) >= 11 is 0. The standard InChI is InChI=1S/C41H53N5O4/c1-4-6-8-10-12-14-28-49-38(47)33-20-18-32(19-21-33)30-37-44-40(42-35-24-16-31(3)17-25-35)46-41(45-37)43-36-26-22-34(23-27-36)39(48)50-29-15-13-11-9-7-5-2/h16-27H,4-15,28-30H2,1-3H3,(H2,42,43,44,45,46). The average molecular weight is 680 g/mol. The topological polar surface area (TPSA) is 115 Å². The molecule has 0 saturated heterocycles. The number of aromatic nitrogens is 3. The first-order valence-corrected chi connectivity index (χ1v) is 18.3. The predicted molar refractivity (Wildman–Crippen MR) is 201 cm³/mol. The highest BCUT2D eigenvalue weighted by Crippen LogP contribution is 2.20. The Bertz CT molecular complexity index is 1500. The molecule has 50 heavy (non-hydrogen) atoms. The Morgan fingerprint density at radius 2 is 0.960 bits per heavy atom. The minimum Gasteiger partial charge on any atom is -0.462 e. The Balaban J connectivity index is 1.38. The average Bonchev–Trinajstić information content (AvgIpc) is 3.12. The molecule has 0 fully saturated rings. The molecule has 0 bridgehead atoms. The summed E-state index contributed by atoms with van der Waals surface area (Å²) in [6, 6.07) is 22.4. The van der Waals surface area contributed by atoms with Crippen LogP contribution in [0.2, 0.25) is 0 Å². The Labute approximate surface area is 297 Å². The molecule has 0 amide bonds. The van der Waals surface area contributed by atoms with Crippen molar-refractivity contribution in [3.05, 3.63) is 101 Å². The van der Waals surface area contributed by atoms with Crippen LogP contribution >= 0.6 is 0 Å². The largest absolute Gasteiger partial charge is 0.462 e. The van der Waals surface area contributed by atoms with E-state index in [1.165, 1.54) is 51.4 Å². The molecule has 4 aromatic rings. The SMILES string of the molecule is CCCCCCCCOC(=O)c1ccc(Cc2nc(Nc3ccc(C)cc3)nc(Nc3ccc(C(=O)OCCCCCCCC)cc3)n2)cc1. The summed E-state index contributed by atoms with van der Waals surface area (Å²) in [4.78, 5) is 39.1. The second-order valence-electron chi connectivity index (χ2n) is 12.8. The Morgan fingerprint density at radius 3 is 1.44 bits per heavy atom. The normalized spacial score (nSPS) is 10.9. The molecule has 0 aliphatic carbocycles. The van der Waals surface area contributed by atoms with Crippen molar-refractivity contribution in [2.45, 2.75) is 104 Å². The molecule has 4 rings (SSSR count). The lowest BCUT2D eigenvalue weighted by Crippen LogP contribution is -2.09. The van der Waals surface area contributed by atoms with E-state index < -0.39 is 0 Å². The van der Waals surface area contributed by atoms with Gasteiger partial charge in [0, 0.05) is 17.8 Å². The van der Waals surface area contributed by atoms with Crippen LogP contribution in [-0.2, 0) is 15.9 Å². The summed E-state index contributed by atoms with van der Waals surface area (Å²) in [5.41, 5.74) is 4.69. The van der Waals surface area contributed by atoms with Crippen LogP contribution in [0.1, 0.15) is 129 Å². The van der Waals surface area contributed by atoms with E-state index in [0.29, 0.717) is 48.5 Å². The van der Waals surface area contributed by atoms with Crippen LogP contribution in [0.25, 0.3) is 0 Å². The second-order valence-corrected chi connectivity index (χ2v) is 12.8. The molecule has 9 nitrogen and oxygen atoms in total. The zero-order valence-corrected chi connectivity index (χ0v) is 30.0. The lowest BCUT2D eigenvalue weighted by Gasteiger charge is -2.11. The third-order valence-electron chi connectivity index (χ3n) is 8.38. The molecule has 0 radical (unpaired) electrons. The maximum absolute atomic E-state index is 12.6. The number of aryl methyl sites for hydroxylation is 1. The molecular weight excluding hydrogens is 626 g/mol. The van der Waals surface area contributed by atoms with E-state index in [4.69, 9.17) is 14.5 Å². The molecule has 0 atom stereocenters. The molecule has 0 spiro atoms. The van der Waals surface area contributed by atoms with Crippen molar-refractivity contribution in [2.75, 3.05) is 23.8 Å². The summed E-state index contributed by atoms with van der Waals surface area (Å²) in [6.45, 7) is 7.31. The quantitative estimate of drug-likeness (QED) is 0.0618. The number of rotatable bonds is 22. The van der Waals surface area contributed by atoms with E-state index in [-0.39, 0.29) is 11.9 Å². The molecule has 0 aliphatic heterocycles. The van der Waals surface area contributed by atoms with E-state index in [2.05, 4.69) is 34.4 Å². The number of nitrogens with one attached hydrogen (secondary N) is 2. The van der Waals surface area contributed by atoms with Crippen molar-refractivity contribution in [1.82, 2.24) is 15.0 Å². The summed E-state index contributed by atoms with van der Waals surface area (Å²) in [5.74, 6) is 0.669. The van der Waals surface area contributed by atoms with Gasteiger partial charge in [0.05, 0.1) is 24.3 Å². The van der Waals surface area contributed by atoms with Gasteiger partial charge in [0.15, 0.2) is 0 Å². The summed E-state index contributed by atoms with van der Waals surface area (Å²) in [7, 11) is 0. The lowest BCUT2D eigenvalue weighted by molar-refractivity contribution is 0.0488. The number of benzene rings is 3. The van der Waals surface area contributed by atoms with Crippen molar-refractivity contribution in [3.8, 4) is 0 Å². The number of unbranched alkanes of at least 4 members (excludes halogenated alkanes) is 10. The van der Waals surface area contributed by atoms with Gasteiger partial charge >= 0.3 is 11.9 Å². The molecule has 2 N–H and O–H groups in total. The van der Waals surface area contributed by atoms with E-state index >= 15 is 0 Å². The smallest absolute Gasteiger partial charge is 0.338 e. The van der Waals surface area contributed by atoms with Crippen molar-refractivity contribution < 1.29 is 19.1 Å². The number of carbonyl (C=O) groups excluding carboxylic acids is 2. The fourth-order valence-corrected chi connectivity index (χ4v) is 5.40. The number of anilines is 4. The highest BCUT2D eigenvalue weighted by molar-refractivity contribution is 5.90.